The summed E-state index contributed by atoms with van der Waals surface area (Å²) in [6.07, 6.45) is 0. The van der Waals surface area contributed by atoms with Crippen LogP contribution < -0.4 is 15.8 Å². The molecular formula is C14H13ClN2O2. The minimum atomic E-state index is -0.171. The van der Waals surface area contributed by atoms with Crippen LogP contribution in [0.4, 0.5) is 11.4 Å². The van der Waals surface area contributed by atoms with Gasteiger partial charge in [0.15, 0.2) is 11.5 Å². The van der Waals surface area contributed by atoms with E-state index in [1.807, 2.05) is 0 Å². The van der Waals surface area contributed by atoms with Gasteiger partial charge in [-0.25, -0.2) is 0 Å². The number of hydrogen-bond acceptors (Lipinski definition) is 3. The largest absolute Gasteiger partial charge is 0.453 e. The summed E-state index contributed by atoms with van der Waals surface area (Å²) in [6.45, 7) is 1.44. The van der Waals surface area contributed by atoms with E-state index in [2.05, 4.69) is 5.32 Å². The highest BCUT2D eigenvalue weighted by Crippen LogP contribution is 2.35. The molecule has 3 N–H and O–H groups in total. The average Bonchev–Trinajstić information content (AvgIpc) is 2.36. The van der Waals surface area contributed by atoms with Crippen molar-refractivity contribution in [3.8, 4) is 11.5 Å². The number of nitrogen functional groups attached to an aromatic ring is 1. The van der Waals surface area contributed by atoms with Crippen molar-refractivity contribution >= 4 is 28.9 Å². The first-order valence-corrected chi connectivity index (χ1v) is 6.04. The highest BCUT2D eigenvalue weighted by molar-refractivity contribution is 6.33. The second kappa shape index (κ2) is 5.63. The number of carbonyl (C=O) groups excluding carboxylic acids is 1. The molecule has 0 aliphatic heterocycles. The van der Waals surface area contributed by atoms with Crippen LogP contribution in [0.25, 0.3) is 0 Å². The number of anilines is 2. The van der Waals surface area contributed by atoms with Crippen LogP contribution in [0.5, 0.6) is 11.5 Å². The molecule has 2 aromatic rings. The van der Waals surface area contributed by atoms with Crippen LogP contribution in [-0.4, -0.2) is 5.91 Å². The van der Waals surface area contributed by atoms with E-state index >= 15 is 0 Å². The van der Waals surface area contributed by atoms with Crippen LogP contribution in [-0.2, 0) is 4.79 Å². The van der Waals surface area contributed by atoms with Crippen molar-refractivity contribution in [2.45, 2.75) is 6.92 Å². The Morgan fingerprint density at radius 2 is 1.84 bits per heavy atom. The van der Waals surface area contributed by atoms with Crippen LogP contribution in [0.3, 0.4) is 0 Å². The lowest BCUT2D eigenvalue weighted by molar-refractivity contribution is -0.114. The summed E-state index contributed by atoms with van der Waals surface area (Å²) in [6, 6.07) is 12.2. The Kier molecular flexibility index (Phi) is 3.92. The SMILES string of the molecule is CC(=O)Nc1ccccc1Oc1cccc(Cl)c1N. The van der Waals surface area contributed by atoms with Crippen LogP contribution in [0.2, 0.25) is 5.02 Å². The molecule has 2 rings (SSSR count). The fraction of sp³-hybridized carbons (Fsp3) is 0.0714. The Labute approximate surface area is 116 Å². The smallest absolute Gasteiger partial charge is 0.221 e. The zero-order valence-corrected chi connectivity index (χ0v) is 11.1. The summed E-state index contributed by atoms with van der Waals surface area (Å²) in [5, 5.41) is 3.12. The standard InChI is InChI=1S/C14H13ClN2O2/c1-9(18)17-11-6-2-3-7-12(11)19-13-8-4-5-10(15)14(13)16/h2-8H,16H2,1H3,(H,17,18). The van der Waals surface area contributed by atoms with Gasteiger partial charge in [0.1, 0.15) is 0 Å². The molecule has 0 heterocycles. The van der Waals surface area contributed by atoms with Crippen molar-refractivity contribution in [1.29, 1.82) is 0 Å². The summed E-state index contributed by atoms with van der Waals surface area (Å²) in [4.78, 5) is 11.1. The van der Waals surface area contributed by atoms with Gasteiger partial charge in [-0.3, -0.25) is 4.79 Å². The molecule has 0 atom stereocenters. The number of halogens is 1. The number of hydrogen-bond donors (Lipinski definition) is 2. The number of amides is 1. The van der Waals surface area contributed by atoms with Crippen LogP contribution >= 0.6 is 11.6 Å². The fourth-order valence-electron chi connectivity index (χ4n) is 1.57. The molecule has 19 heavy (non-hydrogen) atoms. The van der Waals surface area contributed by atoms with Gasteiger partial charge in [-0.15, -0.1) is 0 Å². The first-order valence-electron chi connectivity index (χ1n) is 5.66. The van der Waals surface area contributed by atoms with Crippen LogP contribution in [0.1, 0.15) is 6.92 Å². The second-order valence-corrected chi connectivity index (χ2v) is 4.34. The predicted octanol–water partition coefficient (Wildman–Crippen LogP) is 3.67. The second-order valence-electron chi connectivity index (χ2n) is 3.93. The van der Waals surface area contributed by atoms with E-state index in [1.165, 1.54) is 6.92 Å². The number of para-hydroxylation sites is 3. The Hall–Kier alpha value is -2.20. The first-order chi connectivity index (χ1) is 9.08. The summed E-state index contributed by atoms with van der Waals surface area (Å²) in [5.74, 6) is 0.784. The van der Waals surface area contributed by atoms with E-state index in [9.17, 15) is 4.79 Å². The van der Waals surface area contributed by atoms with Gasteiger partial charge in [-0.05, 0) is 24.3 Å². The van der Waals surface area contributed by atoms with Crippen molar-refractivity contribution in [2.24, 2.45) is 0 Å². The maximum absolute atomic E-state index is 11.1. The van der Waals surface area contributed by atoms with Gasteiger partial charge in [-0.2, -0.15) is 0 Å². The van der Waals surface area contributed by atoms with Crippen LogP contribution in [0.15, 0.2) is 42.5 Å². The maximum Gasteiger partial charge on any atom is 0.221 e. The number of benzene rings is 2. The molecule has 0 saturated carbocycles. The van der Waals surface area contributed by atoms with Crippen LogP contribution in [0, 0.1) is 0 Å². The number of carbonyl (C=O) groups is 1. The number of nitrogens with two attached hydrogens (primary N) is 1. The molecule has 0 bridgehead atoms. The lowest BCUT2D eigenvalue weighted by Gasteiger charge is -2.13. The molecular weight excluding hydrogens is 264 g/mol. The van der Waals surface area contributed by atoms with Gasteiger partial charge in [0.05, 0.1) is 16.4 Å². The van der Waals surface area contributed by atoms with Crippen molar-refractivity contribution in [3.05, 3.63) is 47.5 Å². The Bertz CT molecular complexity index is 614. The molecule has 1 amide bonds. The number of rotatable bonds is 3. The van der Waals surface area contributed by atoms with Crippen molar-refractivity contribution < 1.29 is 9.53 Å². The van der Waals surface area contributed by atoms with Crippen molar-refractivity contribution in [2.75, 3.05) is 11.1 Å². The van der Waals surface area contributed by atoms with Gasteiger partial charge in [-0.1, -0.05) is 29.8 Å². The molecule has 4 nitrogen and oxygen atoms in total. The lowest BCUT2D eigenvalue weighted by Crippen LogP contribution is -2.07. The van der Waals surface area contributed by atoms with E-state index in [1.54, 1.807) is 42.5 Å². The molecule has 2 aromatic carbocycles. The molecule has 0 saturated heterocycles. The Morgan fingerprint density at radius 3 is 2.58 bits per heavy atom. The van der Waals surface area contributed by atoms with E-state index in [-0.39, 0.29) is 5.91 Å². The fourth-order valence-corrected chi connectivity index (χ4v) is 1.74. The van der Waals surface area contributed by atoms with E-state index in [0.717, 1.165) is 0 Å². The van der Waals surface area contributed by atoms with E-state index in [0.29, 0.717) is 27.9 Å². The molecule has 98 valence electrons. The normalized spacial score (nSPS) is 10.0. The third-order valence-corrected chi connectivity index (χ3v) is 2.76. The average molecular weight is 277 g/mol. The van der Waals surface area contributed by atoms with Gasteiger partial charge in [0.2, 0.25) is 5.91 Å². The maximum atomic E-state index is 11.1. The molecule has 0 spiro atoms. The summed E-state index contributed by atoms with van der Waals surface area (Å²) in [7, 11) is 0. The molecule has 0 unspecified atom stereocenters. The quantitative estimate of drug-likeness (QED) is 0.841. The molecule has 0 radical (unpaired) electrons. The minimum absolute atomic E-state index is 0.171. The molecule has 5 heteroatoms. The van der Waals surface area contributed by atoms with Crippen molar-refractivity contribution in [1.82, 2.24) is 0 Å². The third-order valence-electron chi connectivity index (χ3n) is 2.43. The van der Waals surface area contributed by atoms with Gasteiger partial charge < -0.3 is 15.8 Å². The Morgan fingerprint density at radius 1 is 1.16 bits per heavy atom. The molecule has 0 fully saturated rings. The highest BCUT2D eigenvalue weighted by atomic mass is 35.5. The predicted molar refractivity (Wildman–Crippen MR) is 76.7 cm³/mol. The topological polar surface area (TPSA) is 64.3 Å². The van der Waals surface area contributed by atoms with E-state index in [4.69, 9.17) is 22.1 Å². The zero-order chi connectivity index (χ0) is 13.8. The van der Waals surface area contributed by atoms with E-state index < -0.39 is 0 Å². The third kappa shape index (κ3) is 3.17. The Balaban J connectivity index is 2.33. The summed E-state index contributed by atoms with van der Waals surface area (Å²) in [5.41, 5.74) is 6.78. The van der Waals surface area contributed by atoms with Crippen molar-refractivity contribution in [3.63, 3.8) is 0 Å². The summed E-state index contributed by atoms with van der Waals surface area (Å²) >= 11 is 5.93. The monoisotopic (exact) mass is 276 g/mol. The number of ether oxygens (including phenoxy) is 1. The molecule has 0 aromatic heterocycles. The highest BCUT2D eigenvalue weighted by Gasteiger charge is 2.09. The number of nitrogens with one attached hydrogen (secondary N) is 1. The van der Waals surface area contributed by atoms with Gasteiger partial charge in [0, 0.05) is 6.92 Å². The minimum Gasteiger partial charge on any atom is -0.453 e. The summed E-state index contributed by atoms with van der Waals surface area (Å²) < 4.78 is 5.70. The molecule has 0 aliphatic rings. The van der Waals surface area contributed by atoms with Gasteiger partial charge in [0.25, 0.3) is 0 Å². The zero-order valence-electron chi connectivity index (χ0n) is 10.3. The van der Waals surface area contributed by atoms with Gasteiger partial charge >= 0.3 is 0 Å². The first kappa shape index (κ1) is 13.2. The lowest BCUT2D eigenvalue weighted by atomic mass is 10.2. The molecule has 0 aliphatic carbocycles.